The van der Waals surface area contributed by atoms with Crippen LogP contribution in [-0.4, -0.2) is 13.2 Å². The van der Waals surface area contributed by atoms with E-state index in [0.29, 0.717) is 4.88 Å². The molecule has 1 aromatic heterocycles. The average molecular weight is 198 g/mol. The van der Waals surface area contributed by atoms with E-state index < -0.39 is 0 Å². The summed E-state index contributed by atoms with van der Waals surface area (Å²) >= 11 is 0.985. The molecule has 0 N–H and O–H groups in total. The van der Waals surface area contributed by atoms with E-state index in [0.717, 1.165) is 24.6 Å². The van der Waals surface area contributed by atoms with Crippen LogP contribution in [-0.2, 0) is 4.74 Å². The van der Waals surface area contributed by atoms with Crippen LogP contribution in [0.5, 0.6) is 0 Å². The van der Waals surface area contributed by atoms with Crippen LogP contribution >= 0.6 is 11.3 Å². The number of ether oxygens (including phenoxy) is 1. The molecule has 0 spiro atoms. The van der Waals surface area contributed by atoms with Gasteiger partial charge in [-0.25, -0.2) is 0 Å². The topological polar surface area (TPSA) is 9.23 Å². The Labute approximate surface area is 81.5 Å². The zero-order valence-electron chi connectivity index (χ0n) is 7.25. The number of rotatable bonds is 0. The molecular formula is C10H11FOS. The first kappa shape index (κ1) is 10.2. The smallest absolute Gasteiger partial charge is 0.177 e. The van der Waals surface area contributed by atoms with E-state index >= 15 is 0 Å². The van der Waals surface area contributed by atoms with E-state index in [1.54, 1.807) is 6.07 Å². The predicted molar refractivity (Wildman–Crippen MR) is 52.3 cm³/mol. The van der Waals surface area contributed by atoms with Gasteiger partial charge in [0.05, 0.1) is 4.88 Å². The fourth-order valence-electron chi connectivity index (χ4n) is 0.902. The van der Waals surface area contributed by atoms with Crippen molar-refractivity contribution in [1.29, 1.82) is 0 Å². The van der Waals surface area contributed by atoms with Gasteiger partial charge in [0, 0.05) is 13.2 Å². The van der Waals surface area contributed by atoms with Crippen LogP contribution in [0.2, 0.25) is 0 Å². The van der Waals surface area contributed by atoms with Gasteiger partial charge in [-0.3, -0.25) is 0 Å². The Bertz CT molecular complexity index is 276. The molecule has 0 saturated carbocycles. The van der Waals surface area contributed by atoms with Crippen molar-refractivity contribution in [2.75, 3.05) is 13.2 Å². The number of thiophene rings is 1. The summed E-state index contributed by atoms with van der Waals surface area (Å²) in [5, 5.41) is -0.224. The Hall–Kier alpha value is -0.850. The van der Waals surface area contributed by atoms with Gasteiger partial charge >= 0.3 is 0 Å². The summed E-state index contributed by atoms with van der Waals surface area (Å²) in [7, 11) is 0. The summed E-state index contributed by atoms with van der Waals surface area (Å²) in [6, 6.07) is 2.94. The van der Waals surface area contributed by atoms with Gasteiger partial charge < -0.3 is 4.74 Å². The maximum Gasteiger partial charge on any atom is 0.177 e. The lowest BCUT2D eigenvalue weighted by atomic mass is 10.4. The predicted octanol–water partition coefficient (Wildman–Crippen LogP) is 2.67. The minimum Gasteiger partial charge on any atom is -0.381 e. The summed E-state index contributed by atoms with van der Waals surface area (Å²) in [6.45, 7) is 2.00. The standard InChI is InChI=1S/C6H3FS.C4H8O/c1-2-5-3-4-6(7)8-5;1-2-4-5-3-1/h1,3-4H;1-4H2. The van der Waals surface area contributed by atoms with Crippen LogP contribution in [0.3, 0.4) is 0 Å². The molecule has 1 aliphatic rings. The first-order valence-corrected chi connectivity index (χ1v) is 4.94. The molecule has 1 aliphatic heterocycles. The van der Waals surface area contributed by atoms with Crippen molar-refractivity contribution in [2.45, 2.75) is 12.8 Å². The number of halogens is 1. The van der Waals surface area contributed by atoms with Gasteiger partial charge in [0.1, 0.15) is 0 Å². The highest BCUT2D eigenvalue weighted by atomic mass is 32.1. The van der Waals surface area contributed by atoms with Crippen LogP contribution < -0.4 is 0 Å². The normalized spacial score (nSPS) is 14.5. The second kappa shape index (κ2) is 5.74. The largest absolute Gasteiger partial charge is 0.381 e. The quantitative estimate of drug-likeness (QED) is 0.582. The molecule has 3 heteroatoms. The fourth-order valence-corrected chi connectivity index (χ4v) is 1.44. The van der Waals surface area contributed by atoms with Crippen LogP contribution in [0.15, 0.2) is 12.1 Å². The SMILES string of the molecule is C#Cc1ccc(F)s1.C1CCOC1. The molecule has 2 heterocycles. The molecule has 13 heavy (non-hydrogen) atoms. The first-order valence-electron chi connectivity index (χ1n) is 4.12. The van der Waals surface area contributed by atoms with Crippen LogP contribution in [0.25, 0.3) is 0 Å². The molecule has 0 aliphatic carbocycles. The van der Waals surface area contributed by atoms with Crippen LogP contribution in [0.4, 0.5) is 4.39 Å². The van der Waals surface area contributed by atoms with E-state index in [4.69, 9.17) is 11.2 Å². The van der Waals surface area contributed by atoms with Crippen molar-refractivity contribution in [2.24, 2.45) is 0 Å². The molecule has 0 unspecified atom stereocenters. The maximum absolute atomic E-state index is 12.0. The summed E-state index contributed by atoms with van der Waals surface area (Å²) in [5.41, 5.74) is 0. The van der Waals surface area contributed by atoms with Gasteiger partial charge in [-0.15, -0.1) is 6.42 Å². The van der Waals surface area contributed by atoms with Crippen molar-refractivity contribution in [1.82, 2.24) is 0 Å². The third-order valence-electron chi connectivity index (χ3n) is 1.54. The minimum absolute atomic E-state index is 0.224. The molecule has 1 fully saturated rings. The van der Waals surface area contributed by atoms with Gasteiger partial charge in [0.15, 0.2) is 5.13 Å². The molecule has 0 radical (unpaired) electrons. The van der Waals surface area contributed by atoms with E-state index in [9.17, 15) is 4.39 Å². The van der Waals surface area contributed by atoms with Crippen molar-refractivity contribution in [3.05, 3.63) is 22.1 Å². The second-order valence-corrected chi connectivity index (χ2v) is 3.60. The van der Waals surface area contributed by atoms with Gasteiger partial charge in [-0.1, -0.05) is 17.3 Å². The lowest BCUT2D eigenvalue weighted by Gasteiger charge is -1.76. The third-order valence-corrected chi connectivity index (χ3v) is 2.35. The maximum atomic E-state index is 12.0. The molecule has 1 aromatic rings. The van der Waals surface area contributed by atoms with Crippen molar-refractivity contribution in [3.63, 3.8) is 0 Å². The molecule has 0 aromatic carbocycles. The van der Waals surface area contributed by atoms with E-state index in [1.807, 2.05) is 0 Å². The Balaban J connectivity index is 0.000000145. The van der Waals surface area contributed by atoms with E-state index in [-0.39, 0.29) is 5.13 Å². The molecule has 2 rings (SSSR count). The highest BCUT2D eigenvalue weighted by Gasteiger charge is 1.94. The highest BCUT2D eigenvalue weighted by molar-refractivity contribution is 7.10. The molecule has 0 bridgehead atoms. The summed E-state index contributed by atoms with van der Waals surface area (Å²) in [6.07, 6.45) is 7.51. The van der Waals surface area contributed by atoms with Crippen molar-refractivity contribution in [3.8, 4) is 12.3 Å². The molecule has 0 amide bonds. The van der Waals surface area contributed by atoms with Gasteiger partial charge in [0.2, 0.25) is 0 Å². The van der Waals surface area contributed by atoms with E-state index in [2.05, 4.69) is 5.92 Å². The summed E-state index contributed by atoms with van der Waals surface area (Å²) in [5.74, 6) is 2.33. The van der Waals surface area contributed by atoms with E-state index in [1.165, 1.54) is 18.9 Å². The molecule has 1 nitrogen and oxygen atoms in total. The third kappa shape index (κ3) is 4.07. The molecule has 1 saturated heterocycles. The molecule has 70 valence electrons. The Kier molecular flexibility index (Phi) is 4.52. The lowest BCUT2D eigenvalue weighted by molar-refractivity contribution is 0.198. The lowest BCUT2D eigenvalue weighted by Crippen LogP contribution is -1.74. The van der Waals surface area contributed by atoms with Crippen molar-refractivity contribution >= 4 is 11.3 Å². The first-order chi connectivity index (χ1) is 6.33. The van der Waals surface area contributed by atoms with Crippen LogP contribution in [0.1, 0.15) is 17.7 Å². The van der Waals surface area contributed by atoms with Gasteiger partial charge in [-0.05, 0) is 25.0 Å². The molecular weight excluding hydrogens is 187 g/mol. The summed E-state index contributed by atoms with van der Waals surface area (Å²) in [4.78, 5) is 0.641. The second-order valence-electron chi connectivity index (χ2n) is 2.57. The number of hydrogen-bond donors (Lipinski definition) is 0. The summed E-state index contributed by atoms with van der Waals surface area (Å²) < 4.78 is 17.0. The zero-order chi connectivity index (χ0) is 9.52. The molecule has 0 atom stereocenters. The number of hydrogen-bond acceptors (Lipinski definition) is 2. The Morgan fingerprint density at radius 1 is 1.38 bits per heavy atom. The zero-order valence-corrected chi connectivity index (χ0v) is 8.07. The Morgan fingerprint density at radius 2 is 2.08 bits per heavy atom. The Morgan fingerprint density at radius 3 is 2.31 bits per heavy atom. The monoisotopic (exact) mass is 198 g/mol. The highest BCUT2D eigenvalue weighted by Crippen LogP contribution is 2.11. The number of terminal acetylenes is 1. The average Bonchev–Trinajstić information content (AvgIpc) is 2.76. The minimum atomic E-state index is -0.224. The van der Waals surface area contributed by atoms with Gasteiger partial charge in [0.25, 0.3) is 0 Å². The van der Waals surface area contributed by atoms with Gasteiger partial charge in [-0.2, -0.15) is 4.39 Å². The fraction of sp³-hybridized carbons (Fsp3) is 0.400. The van der Waals surface area contributed by atoms with Crippen molar-refractivity contribution < 1.29 is 9.13 Å². The van der Waals surface area contributed by atoms with Crippen LogP contribution in [0, 0.1) is 17.5 Å².